The lowest BCUT2D eigenvalue weighted by atomic mass is 9.96. The number of benzene rings is 3. The number of nitrogens with zero attached hydrogens (tertiary/aromatic N) is 2. The lowest BCUT2D eigenvalue weighted by Crippen LogP contribution is -2.39. The van der Waals surface area contributed by atoms with Gasteiger partial charge in [-0.2, -0.15) is 0 Å². The van der Waals surface area contributed by atoms with E-state index in [-0.39, 0.29) is 12.2 Å². The van der Waals surface area contributed by atoms with Crippen molar-refractivity contribution in [1.82, 2.24) is 4.57 Å². The van der Waals surface area contributed by atoms with Crippen LogP contribution in [0.3, 0.4) is 0 Å². The predicted molar refractivity (Wildman–Crippen MR) is 156 cm³/mol. The third-order valence-electron chi connectivity index (χ3n) is 6.43. The Bertz CT molecular complexity index is 1810. The normalized spacial score (nSPS) is 14.9. The lowest BCUT2D eigenvalue weighted by molar-refractivity contribution is -0.136. The molecule has 0 spiro atoms. The van der Waals surface area contributed by atoms with Crippen LogP contribution in [0.4, 0.5) is 0 Å². The Balaban J connectivity index is 1.52. The monoisotopic (exact) mass is 594 g/mol. The van der Waals surface area contributed by atoms with E-state index < -0.39 is 12.0 Å². The van der Waals surface area contributed by atoms with Gasteiger partial charge in [0.05, 0.1) is 36.1 Å². The smallest absolute Gasteiger partial charge is 0.338 e. The van der Waals surface area contributed by atoms with Crippen LogP contribution in [0, 0.1) is 0 Å². The molecule has 7 nitrogen and oxygen atoms in total. The van der Waals surface area contributed by atoms with Gasteiger partial charge in [0.25, 0.3) is 5.56 Å². The zero-order valence-corrected chi connectivity index (χ0v) is 24.1. The molecule has 0 fully saturated rings. The van der Waals surface area contributed by atoms with Gasteiger partial charge in [-0.25, -0.2) is 9.79 Å². The number of carbonyl (C=O) groups excluding carboxylic acids is 1. The molecule has 1 aliphatic rings. The molecule has 0 saturated carbocycles. The third-order valence-corrected chi connectivity index (χ3v) is 8.00. The van der Waals surface area contributed by atoms with Gasteiger partial charge in [0.2, 0.25) is 0 Å². The molecule has 1 aliphatic heterocycles. The van der Waals surface area contributed by atoms with Crippen molar-refractivity contribution in [1.29, 1.82) is 0 Å². The number of fused-ring (bicyclic) bond motifs is 1. The maximum absolute atomic E-state index is 13.7. The van der Waals surface area contributed by atoms with E-state index in [1.165, 1.54) is 18.4 Å². The Kier molecular flexibility index (Phi) is 8.12. The summed E-state index contributed by atoms with van der Waals surface area (Å²) in [5.74, 6) is 0.497. The first-order chi connectivity index (χ1) is 19.3. The predicted octanol–water partition coefficient (Wildman–Crippen LogP) is 5.30. The standard InChI is InChI=1S/C30H24Cl2N2O5S/c1-17-26(29(36)38-3)27(19-7-5-4-6-8-19)34-28(35)25(40-30(34)33-17)14-18-9-12-23(24(13-18)37-2)39-16-20-10-11-21(31)15-22(20)32/h4-15,27H,16H2,1-3H3/b25-14-/t27-/m1/s1. The van der Waals surface area contributed by atoms with Gasteiger partial charge in [0.1, 0.15) is 6.61 Å². The molecule has 10 heteroatoms. The van der Waals surface area contributed by atoms with Gasteiger partial charge in [-0.3, -0.25) is 9.36 Å². The van der Waals surface area contributed by atoms with Gasteiger partial charge in [-0.1, -0.05) is 77.0 Å². The molecule has 0 N–H and O–H groups in total. The molecule has 2 heterocycles. The largest absolute Gasteiger partial charge is 0.493 e. The molecule has 1 atom stereocenters. The van der Waals surface area contributed by atoms with Crippen molar-refractivity contribution in [2.75, 3.05) is 14.2 Å². The van der Waals surface area contributed by atoms with E-state index in [1.54, 1.807) is 55.0 Å². The van der Waals surface area contributed by atoms with E-state index in [2.05, 4.69) is 4.99 Å². The fourth-order valence-electron chi connectivity index (χ4n) is 4.48. The molecule has 3 aromatic carbocycles. The van der Waals surface area contributed by atoms with Crippen LogP contribution >= 0.6 is 34.5 Å². The second kappa shape index (κ2) is 11.7. The number of halogens is 2. The molecule has 1 aromatic heterocycles. The first kappa shape index (κ1) is 27.7. The minimum atomic E-state index is -0.656. The summed E-state index contributed by atoms with van der Waals surface area (Å²) >= 11 is 13.5. The van der Waals surface area contributed by atoms with Crippen LogP contribution in [0.15, 0.2) is 87.8 Å². The van der Waals surface area contributed by atoms with E-state index in [0.717, 1.165) is 16.7 Å². The van der Waals surface area contributed by atoms with Crippen LogP contribution in [0.5, 0.6) is 11.5 Å². The highest BCUT2D eigenvalue weighted by molar-refractivity contribution is 7.07. The van der Waals surface area contributed by atoms with Crippen molar-refractivity contribution in [3.05, 3.63) is 124 Å². The quantitative estimate of drug-likeness (QED) is 0.271. The van der Waals surface area contributed by atoms with E-state index in [1.807, 2.05) is 36.4 Å². The molecule has 0 aliphatic carbocycles. The Morgan fingerprint density at radius 3 is 2.52 bits per heavy atom. The maximum atomic E-state index is 13.7. The van der Waals surface area contributed by atoms with E-state index in [4.69, 9.17) is 37.4 Å². The van der Waals surface area contributed by atoms with Crippen molar-refractivity contribution < 1.29 is 19.0 Å². The topological polar surface area (TPSA) is 79.1 Å². The zero-order valence-electron chi connectivity index (χ0n) is 21.8. The number of allylic oxidation sites excluding steroid dienone is 1. The van der Waals surface area contributed by atoms with Crippen molar-refractivity contribution in [2.24, 2.45) is 4.99 Å². The van der Waals surface area contributed by atoms with Crippen LogP contribution in [-0.4, -0.2) is 24.8 Å². The number of aromatic nitrogens is 1. The Hall–Kier alpha value is -3.85. The summed E-state index contributed by atoms with van der Waals surface area (Å²) in [4.78, 5) is 31.6. The Labute approximate surface area is 244 Å². The first-order valence-corrected chi connectivity index (χ1v) is 13.8. The second-order valence-corrected chi connectivity index (χ2v) is 10.8. The van der Waals surface area contributed by atoms with Crippen molar-refractivity contribution in [2.45, 2.75) is 19.6 Å². The molecular weight excluding hydrogens is 571 g/mol. The van der Waals surface area contributed by atoms with Crippen molar-refractivity contribution in [3.8, 4) is 11.5 Å². The number of rotatable bonds is 7. The molecule has 0 saturated heterocycles. The van der Waals surface area contributed by atoms with Gasteiger partial charge in [-0.05, 0) is 48.4 Å². The summed E-state index contributed by atoms with van der Waals surface area (Å²) < 4.78 is 18.6. The lowest BCUT2D eigenvalue weighted by Gasteiger charge is -2.24. The molecule has 0 unspecified atom stereocenters. The van der Waals surface area contributed by atoms with E-state index >= 15 is 0 Å². The van der Waals surface area contributed by atoms with E-state index in [9.17, 15) is 9.59 Å². The van der Waals surface area contributed by atoms with E-state index in [0.29, 0.717) is 42.1 Å². The van der Waals surface area contributed by atoms with Gasteiger partial charge in [0, 0.05) is 15.6 Å². The molecule has 0 amide bonds. The number of methoxy groups -OCH3 is 2. The summed E-state index contributed by atoms with van der Waals surface area (Å²) in [5.41, 5.74) is 2.89. The highest BCUT2D eigenvalue weighted by atomic mass is 35.5. The van der Waals surface area contributed by atoms with Crippen molar-refractivity contribution in [3.63, 3.8) is 0 Å². The first-order valence-electron chi connectivity index (χ1n) is 12.2. The summed E-state index contributed by atoms with van der Waals surface area (Å²) in [5, 5.41) is 1.06. The van der Waals surface area contributed by atoms with Crippen LogP contribution in [0.2, 0.25) is 10.0 Å². The zero-order chi connectivity index (χ0) is 28.4. The highest BCUT2D eigenvalue weighted by Crippen LogP contribution is 2.32. The maximum Gasteiger partial charge on any atom is 0.338 e. The van der Waals surface area contributed by atoms with Crippen LogP contribution in [0.1, 0.15) is 29.7 Å². The van der Waals surface area contributed by atoms with Crippen LogP contribution in [-0.2, 0) is 16.1 Å². The third kappa shape index (κ3) is 5.43. The Morgan fingerprint density at radius 2 is 1.82 bits per heavy atom. The minimum absolute atomic E-state index is 0.228. The number of hydrogen-bond donors (Lipinski definition) is 0. The van der Waals surface area contributed by atoms with Crippen LogP contribution in [0.25, 0.3) is 6.08 Å². The molecule has 40 heavy (non-hydrogen) atoms. The molecule has 204 valence electrons. The van der Waals surface area contributed by atoms with Gasteiger partial charge in [-0.15, -0.1) is 0 Å². The molecular formula is C30H24Cl2N2O5S. The minimum Gasteiger partial charge on any atom is -0.493 e. The summed E-state index contributed by atoms with van der Waals surface area (Å²) in [6.45, 7) is 1.98. The van der Waals surface area contributed by atoms with Gasteiger partial charge in [0.15, 0.2) is 16.3 Å². The highest BCUT2D eigenvalue weighted by Gasteiger charge is 2.32. The fourth-order valence-corrected chi connectivity index (χ4v) is 5.99. The number of thiazole rings is 1. The molecule has 4 aromatic rings. The molecule has 5 rings (SSSR count). The summed E-state index contributed by atoms with van der Waals surface area (Å²) in [7, 11) is 2.87. The number of ether oxygens (including phenoxy) is 3. The fraction of sp³-hybridized carbons (Fsp3) is 0.167. The van der Waals surface area contributed by atoms with Gasteiger partial charge >= 0.3 is 5.97 Å². The molecule has 0 radical (unpaired) electrons. The van der Waals surface area contributed by atoms with Crippen LogP contribution < -0.4 is 24.4 Å². The average molecular weight is 596 g/mol. The Morgan fingerprint density at radius 1 is 1.05 bits per heavy atom. The number of carbonyl (C=O) groups is 1. The van der Waals surface area contributed by atoms with Crippen molar-refractivity contribution >= 4 is 46.6 Å². The average Bonchev–Trinajstić information content (AvgIpc) is 3.26. The summed E-state index contributed by atoms with van der Waals surface area (Å²) in [6.07, 6.45) is 1.77. The van der Waals surface area contributed by atoms with Gasteiger partial charge < -0.3 is 14.2 Å². The SMILES string of the molecule is COC(=O)C1=C(C)N=c2s/c(=C\c3ccc(OCc4ccc(Cl)cc4Cl)c(OC)c3)c(=O)n2[C@@H]1c1ccccc1. The molecule has 0 bridgehead atoms. The number of hydrogen-bond acceptors (Lipinski definition) is 7. The number of esters is 1. The second-order valence-electron chi connectivity index (χ2n) is 8.92. The summed E-state index contributed by atoms with van der Waals surface area (Å²) in [6, 6.07) is 19.3.